The molecule has 0 saturated heterocycles. The summed E-state index contributed by atoms with van der Waals surface area (Å²) in [4.78, 5) is 23.9. The van der Waals surface area contributed by atoms with Crippen LogP contribution in [0.15, 0.2) is 48.5 Å². The number of hydrogen-bond donors (Lipinski definition) is 3. The monoisotopic (exact) mass is 339 g/mol. The highest BCUT2D eigenvalue weighted by Gasteiger charge is 2.08. The minimum atomic E-state index is -0.135. The van der Waals surface area contributed by atoms with Crippen LogP contribution in [0.4, 0.5) is 11.4 Å². The molecular formula is C20H25N3O2. The van der Waals surface area contributed by atoms with Crippen LogP contribution in [0.3, 0.4) is 0 Å². The Bertz CT molecular complexity index is 724. The molecule has 0 radical (unpaired) electrons. The Labute approximate surface area is 148 Å². The van der Waals surface area contributed by atoms with E-state index >= 15 is 0 Å². The first-order valence-electron chi connectivity index (χ1n) is 8.52. The molecule has 0 unspecified atom stereocenters. The Morgan fingerprint density at radius 1 is 1.00 bits per heavy atom. The minimum absolute atomic E-state index is 0.118. The second-order valence-corrected chi connectivity index (χ2v) is 6.08. The molecule has 0 aromatic heterocycles. The molecule has 2 rings (SSSR count). The highest BCUT2D eigenvalue weighted by Crippen LogP contribution is 2.23. The lowest BCUT2D eigenvalue weighted by Crippen LogP contribution is -2.23. The van der Waals surface area contributed by atoms with E-state index in [-0.39, 0.29) is 18.4 Å². The molecule has 0 heterocycles. The Morgan fingerprint density at radius 2 is 1.68 bits per heavy atom. The zero-order valence-electron chi connectivity index (χ0n) is 14.9. The van der Waals surface area contributed by atoms with Crippen LogP contribution >= 0.6 is 0 Å². The number of rotatable bonds is 7. The normalized spacial score (nSPS) is 10.4. The van der Waals surface area contributed by atoms with Gasteiger partial charge in [0.05, 0.1) is 6.54 Å². The molecule has 2 aromatic carbocycles. The molecule has 3 N–H and O–H groups in total. The number of anilines is 2. The highest BCUT2D eigenvalue weighted by atomic mass is 16.2. The van der Waals surface area contributed by atoms with E-state index in [0.717, 1.165) is 5.69 Å². The molecule has 0 aliphatic carbocycles. The quantitative estimate of drug-likeness (QED) is 0.722. The van der Waals surface area contributed by atoms with Crippen molar-refractivity contribution in [3.05, 3.63) is 59.7 Å². The van der Waals surface area contributed by atoms with Gasteiger partial charge in [0.1, 0.15) is 0 Å². The molecule has 0 fully saturated rings. The number of nitrogens with one attached hydrogen (secondary N) is 3. The second kappa shape index (κ2) is 8.87. The summed E-state index contributed by atoms with van der Waals surface area (Å²) < 4.78 is 0. The third-order valence-corrected chi connectivity index (χ3v) is 3.79. The molecule has 0 bridgehead atoms. The molecule has 0 saturated carbocycles. The van der Waals surface area contributed by atoms with Gasteiger partial charge in [-0.1, -0.05) is 32.0 Å². The molecular weight excluding hydrogens is 314 g/mol. The van der Waals surface area contributed by atoms with Crippen LogP contribution in [0, 0.1) is 0 Å². The zero-order valence-corrected chi connectivity index (χ0v) is 14.9. The average Bonchev–Trinajstić information content (AvgIpc) is 2.61. The van der Waals surface area contributed by atoms with Crippen LogP contribution < -0.4 is 16.0 Å². The standard InChI is InChI=1S/C20H25N3O2/c1-4-21-20(25)15-9-11-16(12-10-15)23-19(24)13-22-18-8-6-5-7-17(18)14(2)3/h5-12,14,22H,4,13H2,1-3H3,(H,21,25)(H,23,24). The molecule has 2 amide bonds. The number of para-hydroxylation sites is 1. The average molecular weight is 339 g/mol. The zero-order chi connectivity index (χ0) is 18.2. The van der Waals surface area contributed by atoms with Crippen molar-refractivity contribution in [3.8, 4) is 0 Å². The van der Waals surface area contributed by atoms with Crippen molar-refractivity contribution in [3.63, 3.8) is 0 Å². The van der Waals surface area contributed by atoms with E-state index in [4.69, 9.17) is 0 Å². The smallest absolute Gasteiger partial charge is 0.251 e. The first-order chi connectivity index (χ1) is 12.0. The van der Waals surface area contributed by atoms with Crippen LogP contribution in [0.1, 0.15) is 42.6 Å². The molecule has 25 heavy (non-hydrogen) atoms. The van der Waals surface area contributed by atoms with Gasteiger partial charge in [0.15, 0.2) is 0 Å². The summed E-state index contributed by atoms with van der Waals surface area (Å²) in [5, 5.41) is 8.75. The SMILES string of the molecule is CCNC(=O)c1ccc(NC(=O)CNc2ccccc2C(C)C)cc1. The van der Waals surface area contributed by atoms with Gasteiger partial charge in [-0.15, -0.1) is 0 Å². The van der Waals surface area contributed by atoms with Crippen LogP contribution in [-0.2, 0) is 4.79 Å². The van der Waals surface area contributed by atoms with Gasteiger partial charge in [-0.3, -0.25) is 9.59 Å². The van der Waals surface area contributed by atoms with Crippen molar-refractivity contribution >= 4 is 23.2 Å². The molecule has 5 nitrogen and oxygen atoms in total. The summed E-state index contributed by atoms with van der Waals surface area (Å²) in [6.45, 7) is 6.88. The molecule has 0 aliphatic rings. The maximum atomic E-state index is 12.1. The summed E-state index contributed by atoms with van der Waals surface area (Å²) in [7, 11) is 0. The van der Waals surface area contributed by atoms with Gasteiger partial charge in [0, 0.05) is 23.5 Å². The number of hydrogen-bond acceptors (Lipinski definition) is 3. The maximum Gasteiger partial charge on any atom is 0.251 e. The van der Waals surface area contributed by atoms with E-state index in [1.165, 1.54) is 5.56 Å². The fourth-order valence-corrected chi connectivity index (χ4v) is 2.51. The Kier molecular flexibility index (Phi) is 6.57. The topological polar surface area (TPSA) is 70.2 Å². The Morgan fingerprint density at radius 3 is 2.32 bits per heavy atom. The van der Waals surface area contributed by atoms with Crippen LogP contribution in [-0.4, -0.2) is 24.9 Å². The summed E-state index contributed by atoms with van der Waals surface area (Å²) in [5.74, 6) is 0.130. The summed E-state index contributed by atoms with van der Waals surface area (Å²) in [6, 6.07) is 14.8. The van der Waals surface area contributed by atoms with Crippen molar-refractivity contribution in [2.45, 2.75) is 26.7 Å². The van der Waals surface area contributed by atoms with E-state index < -0.39 is 0 Å². The van der Waals surface area contributed by atoms with Gasteiger partial charge in [0.2, 0.25) is 5.91 Å². The Balaban J connectivity index is 1.91. The van der Waals surface area contributed by atoms with Gasteiger partial charge < -0.3 is 16.0 Å². The largest absolute Gasteiger partial charge is 0.376 e. The van der Waals surface area contributed by atoms with E-state index in [9.17, 15) is 9.59 Å². The van der Waals surface area contributed by atoms with Gasteiger partial charge >= 0.3 is 0 Å². The van der Waals surface area contributed by atoms with Gasteiger partial charge in [-0.05, 0) is 48.7 Å². The van der Waals surface area contributed by atoms with Crippen LogP contribution in [0.2, 0.25) is 0 Å². The van der Waals surface area contributed by atoms with Crippen molar-refractivity contribution in [1.29, 1.82) is 0 Å². The van der Waals surface area contributed by atoms with Gasteiger partial charge in [0.25, 0.3) is 5.91 Å². The third-order valence-electron chi connectivity index (χ3n) is 3.79. The van der Waals surface area contributed by atoms with Crippen molar-refractivity contribution in [2.75, 3.05) is 23.7 Å². The third kappa shape index (κ3) is 5.35. The van der Waals surface area contributed by atoms with Crippen molar-refractivity contribution in [2.24, 2.45) is 0 Å². The molecule has 0 aliphatic heterocycles. The number of carbonyl (C=O) groups is 2. The summed E-state index contributed by atoms with van der Waals surface area (Å²) in [6.07, 6.45) is 0. The molecule has 132 valence electrons. The fraction of sp³-hybridized carbons (Fsp3) is 0.300. The molecule has 0 atom stereocenters. The Hall–Kier alpha value is -2.82. The van der Waals surface area contributed by atoms with E-state index in [2.05, 4.69) is 35.9 Å². The van der Waals surface area contributed by atoms with Gasteiger partial charge in [-0.2, -0.15) is 0 Å². The first kappa shape index (κ1) is 18.5. The number of carbonyl (C=O) groups excluding carboxylic acids is 2. The number of benzene rings is 2. The van der Waals surface area contributed by atoms with E-state index in [0.29, 0.717) is 23.7 Å². The summed E-state index contributed by atoms with van der Waals surface area (Å²) in [5.41, 5.74) is 3.39. The first-order valence-corrected chi connectivity index (χ1v) is 8.52. The highest BCUT2D eigenvalue weighted by molar-refractivity contribution is 5.96. The lowest BCUT2D eigenvalue weighted by atomic mass is 10.0. The van der Waals surface area contributed by atoms with Crippen LogP contribution in [0.5, 0.6) is 0 Å². The van der Waals surface area contributed by atoms with Crippen molar-refractivity contribution < 1.29 is 9.59 Å². The summed E-state index contributed by atoms with van der Waals surface area (Å²) >= 11 is 0. The minimum Gasteiger partial charge on any atom is -0.376 e. The lowest BCUT2D eigenvalue weighted by molar-refractivity contribution is -0.114. The van der Waals surface area contributed by atoms with Gasteiger partial charge in [-0.25, -0.2) is 0 Å². The molecule has 2 aromatic rings. The fourth-order valence-electron chi connectivity index (χ4n) is 2.51. The second-order valence-electron chi connectivity index (χ2n) is 6.08. The molecule has 0 spiro atoms. The van der Waals surface area contributed by atoms with E-state index in [1.54, 1.807) is 24.3 Å². The number of amides is 2. The maximum absolute atomic E-state index is 12.1. The van der Waals surface area contributed by atoms with Crippen LogP contribution in [0.25, 0.3) is 0 Å². The predicted molar refractivity (Wildman–Crippen MR) is 102 cm³/mol. The lowest BCUT2D eigenvalue weighted by Gasteiger charge is -2.14. The predicted octanol–water partition coefficient (Wildman–Crippen LogP) is 3.61. The molecule has 5 heteroatoms. The van der Waals surface area contributed by atoms with Crippen molar-refractivity contribution in [1.82, 2.24) is 5.32 Å². The van der Waals surface area contributed by atoms with E-state index in [1.807, 2.05) is 25.1 Å².